The van der Waals surface area contributed by atoms with E-state index >= 15 is 0 Å². The summed E-state index contributed by atoms with van der Waals surface area (Å²) in [4.78, 5) is 26.3. The van der Waals surface area contributed by atoms with Gasteiger partial charge in [0.1, 0.15) is 5.82 Å². The minimum Gasteiger partial charge on any atom is -0.478 e. The standard InChI is InChI=1S/C13H15N3O3/c1-8-15-10-5-2-4-9(13(18)19)12(10)16(8)7-3-6-11(14)17/h2,4-5H,3,6-7H2,1H3,(H2,14,17)(H,18,19). The van der Waals surface area contributed by atoms with Gasteiger partial charge in [-0.25, -0.2) is 9.78 Å². The number of amides is 1. The van der Waals surface area contributed by atoms with Crippen LogP contribution in [0.25, 0.3) is 11.0 Å². The number of nitrogens with zero attached hydrogens (tertiary/aromatic N) is 2. The zero-order valence-corrected chi connectivity index (χ0v) is 10.6. The molecule has 1 heterocycles. The van der Waals surface area contributed by atoms with E-state index in [0.29, 0.717) is 24.0 Å². The highest BCUT2D eigenvalue weighted by Crippen LogP contribution is 2.21. The van der Waals surface area contributed by atoms with Crippen LogP contribution in [0.2, 0.25) is 0 Å². The number of fused-ring (bicyclic) bond motifs is 1. The molecular formula is C13H15N3O3. The topological polar surface area (TPSA) is 98.2 Å². The average Bonchev–Trinajstić information content (AvgIpc) is 2.65. The number of hydrogen-bond donors (Lipinski definition) is 2. The van der Waals surface area contributed by atoms with Crippen molar-refractivity contribution >= 4 is 22.9 Å². The fourth-order valence-corrected chi connectivity index (χ4v) is 2.16. The summed E-state index contributed by atoms with van der Waals surface area (Å²) in [5.74, 6) is -0.615. The second kappa shape index (κ2) is 5.09. The van der Waals surface area contributed by atoms with Crippen molar-refractivity contribution in [1.82, 2.24) is 9.55 Å². The Morgan fingerprint density at radius 3 is 2.79 bits per heavy atom. The van der Waals surface area contributed by atoms with E-state index in [1.807, 2.05) is 11.5 Å². The van der Waals surface area contributed by atoms with Crippen molar-refractivity contribution in [2.24, 2.45) is 5.73 Å². The molecule has 0 fully saturated rings. The van der Waals surface area contributed by atoms with Crippen LogP contribution >= 0.6 is 0 Å². The van der Waals surface area contributed by atoms with Crippen LogP contribution in [0.3, 0.4) is 0 Å². The third-order valence-electron chi connectivity index (χ3n) is 2.99. The number of aryl methyl sites for hydroxylation is 2. The molecule has 0 unspecified atom stereocenters. The first kappa shape index (κ1) is 13.1. The minimum absolute atomic E-state index is 0.220. The van der Waals surface area contributed by atoms with Gasteiger partial charge in [-0.15, -0.1) is 0 Å². The Balaban J connectivity index is 2.44. The molecule has 0 radical (unpaired) electrons. The molecule has 3 N–H and O–H groups in total. The van der Waals surface area contributed by atoms with E-state index in [0.717, 1.165) is 5.82 Å². The average molecular weight is 261 g/mol. The summed E-state index contributed by atoms with van der Waals surface area (Å²) < 4.78 is 1.82. The van der Waals surface area contributed by atoms with Crippen molar-refractivity contribution in [3.8, 4) is 0 Å². The van der Waals surface area contributed by atoms with E-state index in [-0.39, 0.29) is 17.9 Å². The zero-order valence-electron chi connectivity index (χ0n) is 10.6. The van der Waals surface area contributed by atoms with Gasteiger partial charge in [0.2, 0.25) is 5.91 Å². The number of hydrogen-bond acceptors (Lipinski definition) is 3. The van der Waals surface area contributed by atoms with Gasteiger partial charge in [-0.05, 0) is 25.5 Å². The number of carbonyl (C=O) groups excluding carboxylic acids is 1. The first-order valence-electron chi connectivity index (χ1n) is 5.98. The van der Waals surface area contributed by atoms with Crippen LogP contribution in [0.5, 0.6) is 0 Å². The second-order valence-electron chi connectivity index (χ2n) is 4.36. The van der Waals surface area contributed by atoms with E-state index in [9.17, 15) is 14.7 Å². The third-order valence-corrected chi connectivity index (χ3v) is 2.99. The highest BCUT2D eigenvalue weighted by Gasteiger charge is 2.15. The van der Waals surface area contributed by atoms with Crippen LogP contribution in [-0.4, -0.2) is 26.5 Å². The van der Waals surface area contributed by atoms with Crippen molar-refractivity contribution in [3.05, 3.63) is 29.6 Å². The van der Waals surface area contributed by atoms with Gasteiger partial charge < -0.3 is 15.4 Å². The SMILES string of the molecule is Cc1nc2cccc(C(=O)O)c2n1CCCC(N)=O. The number of carbonyl (C=O) groups is 2. The number of aromatic nitrogens is 2. The molecule has 0 bridgehead atoms. The maximum atomic E-state index is 11.2. The molecule has 0 atom stereocenters. The highest BCUT2D eigenvalue weighted by atomic mass is 16.4. The Bertz CT molecular complexity index is 646. The van der Waals surface area contributed by atoms with Gasteiger partial charge in [0.25, 0.3) is 0 Å². The van der Waals surface area contributed by atoms with Gasteiger partial charge in [0, 0.05) is 13.0 Å². The van der Waals surface area contributed by atoms with Crippen LogP contribution in [0.15, 0.2) is 18.2 Å². The molecule has 1 amide bonds. The monoisotopic (exact) mass is 261 g/mol. The van der Waals surface area contributed by atoms with Crippen molar-refractivity contribution < 1.29 is 14.7 Å². The van der Waals surface area contributed by atoms with Crippen molar-refractivity contribution in [1.29, 1.82) is 0 Å². The molecule has 2 aromatic rings. The number of imidazole rings is 1. The van der Waals surface area contributed by atoms with Crippen LogP contribution in [0, 0.1) is 6.92 Å². The number of primary amides is 1. The van der Waals surface area contributed by atoms with Crippen LogP contribution in [0.1, 0.15) is 29.0 Å². The second-order valence-corrected chi connectivity index (χ2v) is 4.36. The number of rotatable bonds is 5. The number of nitrogens with two attached hydrogens (primary N) is 1. The molecule has 100 valence electrons. The quantitative estimate of drug-likeness (QED) is 0.847. The van der Waals surface area contributed by atoms with E-state index in [1.165, 1.54) is 0 Å². The van der Waals surface area contributed by atoms with Gasteiger partial charge in [-0.1, -0.05) is 6.07 Å². The van der Waals surface area contributed by atoms with E-state index in [2.05, 4.69) is 4.98 Å². The molecule has 0 saturated carbocycles. The molecular weight excluding hydrogens is 246 g/mol. The Morgan fingerprint density at radius 1 is 1.42 bits per heavy atom. The lowest BCUT2D eigenvalue weighted by atomic mass is 10.2. The van der Waals surface area contributed by atoms with Gasteiger partial charge in [0.15, 0.2) is 0 Å². The van der Waals surface area contributed by atoms with Crippen molar-refractivity contribution in [2.75, 3.05) is 0 Å². The summed E-state index contributed by atoms with van der Waals surface area (Å²) in [6.45, 7) is 2.34. The largest absolute Gasteiger partial charge is 0.478 e. The Hall–Kier alpha value is -2.37. The molecule has 1 aromatic heterocycles. The maximum absolute atomic E-state index is 11.2. The van der Waals surface area contributed by atoms with E-state index < -0.39 is 5.97 Å². The first-order valence-corrected chi connectivity index (χ1v) is 5.98. The number of aromatic carboxylic acids is 1. The van der Waals surface area contributed by atoms with Crippen LogP contribution in [-0.2, 0) is 11.3 Å². The summed E-state index contributed by atoms with van der Waals surface area (Å²) >= 11 is 0. The Morgan fingerprint density at radius 2 is 2.16 bits per heavy atom. The lowest BCUT2D eigenvalue weighted by molar-refractivity contribution is -0.118. The van der Waals surface area contributed by atoms with Gasteiger partial charge in [-0.2, -0.15) is 0 Å². The van der Waals surface area contributed by atoms with E-state index in [1.54, 1.807) is 18.2 Å². The van der Waals surface area contributed by atoms with E-state index in [4.69, 9.17) is 5.73 Å². The Labute approximate surface area is 109 Å². The van der Waals surface area contributed by atoms with Gasteiger partial charge >= 0.3 is 5.97 Å². The molecule has 0 saturated heterocycles. The highest BCUT2D eigenvalue weighted by molar-refractivity contribution is 6.01. The molecule has 0 aliphatic carbocycles. The fourth-order valence-electron chi connectivity index (χ4n) is 2.16. The molecule has 6 heteroatoms. The van der Waals surface area contributed by atoms with Crippen LogP contribution < -0.4 is 5.73 Å². The fraction of sp³-hybridized carbons (Fsp3) is 0.308. The summed E-state index contributed by atoms with van der Waals surface area (Å²) in [6, 6.07) is 5.00. The van der Waals surface area contributed by atoms with Gasteiger partial charge in [0.05, 0.1) is 16.6 Å². The summed E-state index contributed by atoms with van der Waals surface area (Å²) in [7, 11) is 0. The normalized spacial score (nSPS) is 10.8. The predicted octanol–water partition coefficient (Wildman–Crippen LogP) is 1.31. The molecule has 6 nitrogen and oxygen atoms in total. The molecule has 2 rings (SSSR count). The molecule has 0 aliphatic rings. The summed E-state index contributed by atoms with van der Waals surface area (Å²) in [5, 5.41) is 9.21. The third kappa shape index (κ3) is 2.57. The predicted molar refractivity (Wildman–Crippen MR) is 69.9 cm³/mol. The minimum atomic E-state index is -0.985. The Kier molecular flexibility index (Phi) is 3.50. The van der Waals surface area contributed by atoms with Crippen molar-refractivity contribution in [2.45, 2.75) is 26.3 Å². The smallest absolute Gasteiger partial charge is 0.337 e. The number of para-hydroxylation sites is 1. The molecule has 0 spiro atoms. The summed E-state index contributed by atoms with van der Waals surface area (Å²) in [6.07, 6.45) is 0.837. The molecule has 0 aliphatic heterocycles. The van der Waals surface area contributed by atoms with Crippen molar-refractivity contribution in [3.63, 3.8) is 0 Å². The number of carboxylic acids is 1. The lowest BCUT2D eigenvalue weighted by Gasteiger charge is -2.07. The summed E-state index contributed by atoms with van der Waals surface area (Å²) in [5.41, 5.74) is 6.57. The maximum Gasteiger partial charge on any atom is 0.337 e. The number of benzene rings is 1. The first-order chi connectivity index (χ1) is 9.00. The van der Waals surface area contributed by atoms with Crippen LogP contribution in [0.4, 0.5) is 0 Å². The van der Waals surface area contributed by atoms with Gasteiger partial charge in [-0.3, -0.25) is 4.79 Å². The molecule has 1 aromatic carbocycles. The number of carboxylic acid groups (broad SMARTS) is 1. The molecule has 19 heavy (non-hydrogen) atoms. The zero-order chi connectivity index (χ0) is 14.0. The lowest BCUT2D eigenvalue weighted by Crippen LogP contribution is -2.12.